The minimum atomic E-state index is -4.38. The highest BCUT2D eigenvalue weighted by Crippen LogP contribution is 2.30. The standard InChI is InChI=1S/C23H24F4O3/c1-2-3-4-5-6-7-22(28)30-21-16-19(24)12-13-20(21)29-15-14-17-8-10-18(11-9-17)23(25,26)27/h2,8-13,16H,1,3-7,14-15H2. The summed E-state index contributed by atoms with van der Waals surface area (Å²) < 4.78 is 62.2. The van der Waals surface area contributed by atoms with Crippen LogP contribution in [0.25, 0.3) is 0 Å². The van der Waals surface area contributed by atoms with E-state index in [1.54, 1.807) is 0 Å². The molecule has 0 atom stereocenters. The first kappa shape index (κ1) is 23.4. The summed E-state index contributed by atoms with van der Waals surface area (Å²) in [5, 5.41) is 0. The van der Waals surface area contributed by atoms with Crippen molar-refractivity contribution in [1.82, 2.24) is 0 Å². The van der Waals surface area contributed by atoms with Crippen molar-refractivity contribution in [2.45, 2.75) is 44.7 Å². The largest absolute Gasteiger partial charge is 0.489 e. The Morgan fingerprint density at radius 2 is 1.73 bits per heavy atom. The number of benzene rings is 2. The van der Waals surface area contributed by atoms with Crippen LogP contribution in [0.4, 0.5) is 17.6 Å². The zero-order valence-corrected chi connectivity index (χ0v) is 16.5. The number of rotatable bonds is 11. The van der Waals surface area contributed by atoms with E-state index >= 15 is 0 Å². The third-order valence-electron chi connectivity index (χ3n) is 4.35. The lowest BCUT2D eigenvalue weighted by atomic mass is 10.1. The maximum Gasteiger partial charge on any atom is 0.416 e. The summed E-state index contributed by atoms with van der Waals surface area (Å²) in [6.07, 6.45) is 1.33. The Labute approximate surface area is 173 Å². The third-order valence-corrected chi connectivity index (χ3v) is 4.35. The molecular weight excluding hydrogens is 400 g/mol. The monoisotopic (exact) mass is 424 g/mol. The minimum Gasteiger partial charge on any atom is -0.489 e. The smallest absolute Gasteiger partial charge is 0.416 e. The van der Waals surface area contributed by atoms with Crippen LogP contribution in [0.15, 0.2) is 55.1 Å². The molecule has 0 N–H and O–H groups in total. The number of carbonyl (C=O) groups is 1. The molecule has 162 valence electrons. The molecular formula is C23H24F4O3. The highest BCUT2D eigenvalue weighted by molar-refractivity contribution is 5.73. The number of alkyl halides is 3. The van der Waals surface area contributed by atoms with Gasteiger partial charge in [0, 0.05) is 18.9 Å². The molecule has 0 saturated heterocycles. The predicted octanol–water partition coefficient (Wildman–Crippen LogP) is 6.51. The van der Waals surface area contributed by atoms with Gasteiger partial charge in [0.2, 0.25) is 0 Å². The van der Waals surface area contributed by atoms with Gasteiger partial charge in [0.25, 0.3) is 0 Å². The Balaban J connectivity index is 1.88. The first-order valence-corrected chi connectivity index (χ1v) is 9.69. The molecule has 0 heterocycles. The van der Waals surface area contributed by atoms with E-state index in [1.165, 1.54) is 24.3 Å². The molecule has 30 heavy (non-hydrogen) atoms. The minimum absolute atomic E-state index is 0.0153. The number of hydrogen-bond donors (Lipinski definition) is 0. The molecule has 0 amide bonds. The van der Waals surface area contributed by atoms with Gasteiger partial charge in [0.05, 0.1) is 12.2 Å². The molecule has 0 spiro atoms. The first-order valence-electron chi connectivity index (χ1n) is 9.69. The van der Waals surface area contributed by atoms with Crippen molar-refractivity contribution in [3.8, 4) is 11.5 Å². The summed E-state index contributed by atoms with van der Waals surface area (Å²) in [5.74, 6) is -0.868. The van der Waals surface area contributed by atoms with Crippen LogP contribution in [0.2, 0.25) is 0 Å². The molecule has 0 aliphatic rings. The molecule has 0 saturated carbocycles. The molecule has 0 aliphatic carbocycles. The lowest BCUT2D eigenvalue weighted by Gasteiger charge is -2.12. The summed E-state index contributed by atoms with van der Waals surface area (Å²) >= 11 is 0. The van der Waals surface area contributed by atoms with Crippen LogP contribution in [0, 0.1) is 5.82 Å². The van der Waals surface area contributed by atoms with Gasteiger partial charge in [0.1, 0.15) is 5.82 Å². The fraction of sp³-hybridized carbons (Fsp3) is 0.348. The second-order valence-corrected chi connectivity index (χ2v) is 6.75. The van der Waals surface area contributed by atoms with Gasteiger partial charge in [-0.3, -0.25) is 4.79 Å². The van der Waals surface area contributed by atoms with Gasteiger partial charge in [-0.25, -0.2) is 4.39 Å². The van der Waals surface area contributed by atoms with Crippen LogP contribution in [0.3, 0.4) is 0 Å². The third kappa shape index (κ3) is 7.89. The first-order chi connectivity index (χ1) is 14.3. The van der Waals surface area contributed by atoms with E-state index < -0.39 is 23.5 Å². The van der Waals surface area contributed by atoms with Crippen molar-refractivity contribution in [2.75, 3.05) is 6.61 Å². The molecule has 0 aliphatic heterocycles. The van der Waals surface area contributed by atoms with Crippen molar-refractivity contribution < 1.29 is 31.8 Å². The van der Waals surface area contributed by atoms with Crippen LogP contribution >= 0.6 is 0 Å². The van der Waals surface area contributed by atoms with Gasteiger partial charge in [-0.2, -0.15) is 13.2 Å². The summed E-state index contributed by atoms with van der Waals surface area (Å²) in [6.45, 7) is 3.77. The number of carbonyl (C=O) groups excluding carboxylic acids is 1. The van der Waals surface area contributed by atoms with Gasteiger partial charge in [0.15, 0.2) is 11.5 Å². The highest BCUT2D eigenvalue weighted by atomic mass is 19.4. The number of unbranched alkanes of at least 4 members (excludes halogenated alkanes) is 3. The van der Waals surface area contributed by atoms with E-state index in [0.717, 1.165) is 37.5 Å². The van der Waals surface area contributed by atoms with E-state index in [9.17, 15) is 22.4 Å². The number of hydrogen-bond acceptors (Lipinski definition) is 3. The lowest BCUT2D eigenvalue weighted by molar-refractivity contribution is -0.137. The van der Waals surface area contributed by atoms with Crippen LogP contribution in [-0.4, -0.2) is 12.6 Å². The van der Waals surface area contributed by atoms with E-state index in [2.05, 4.69) is 6.58 Å². The normalized spacial score (nSPS) is 11.2. The van der Waals surface area contributed by atoms with E-state index in [0.29, 0.717) is 18.4 Å². The number of esters is 1. The number of halogens is 4. The summed E-state index contributed by atoms with van der Waals surface area (Å²) in [5.41, 5.74) is -0.0624. The van der Waals surface area contributed by atoms with Gasteiger partial charge in [-0.15, -0.1) is 6.58 Å². The van der Waals surface area contributed by atoms with E-state index in [4.69, 9.17) is 9.47 Å². The fourth-order valence-electron chi connectivity index (χ4n) is 2.73. The van der Waals surface area contributed by atoms with Gasteiger partial charge < -0.3 is 9.47 Å². The van der Waals surface area contributed by atoms with E-state index in [1.807, 2.05) is 6.08 Å². The SMILES string of the molecule is C=CCCCCCC(=O)Oc1cc(F)ccc1OCCc1ccc(C(F)(F)F)cc1. The zero-order valence-electron chi connectivity index (χ0n) is 16.5. The lowest BCUT2D eigenvalue weighted by Crippen LogP contribution is -2.10. The number of allylic oxidation sites excluding steroid dienone is 1. The average molecular weight is 424 g/mol. The van der Waals surface area contributed by atoms with Crippen LogP contribution in [0.1, 0.15) is 43.2 Å². The molecule has 3 nitrogen and oxygen atoms in total. The molecule has 0 unspecified atom stereocenters. The van der Waals surface area contributed by atoms with Crippen molar-refractivity contribution >= 4 is 5.97 Å². The zero-order chi connectivity index (χ0) is 22.0. The van der Waals surface area contributed by atoms with Crippen LogP contribution < -0.4 is 9.47 Å². The molecule has 2 aromatic carbocycles. The van der Waals surface area contributed by atoms with Gasteiger partial charge >= 0.3 is 12.1 Å². The molecule has 2 aromatic rings. The summed E-state index contributed by atoms with van der Waals surface area (Å²) in [4.78, 5) is 12.0. The van der Waals surface area contributed by atoms with Crippen molar-refractivity contribution in [1.29, 1.82) is 0 Å². The Hall–Kier alpha value is -2.83. The Kier molecular flexibility index (Phi) is 8.89. The topological polar surface area (TPSA) is 35.5 Å². The second kappa shape index (κ2) is 11.4. The van der Waals surface area contributed by atoms with Crippen molar-refractivity contribution in [2.24, 2.45) is 0 Å². The molecule has 0 fully saturated rings. The second-order valence-electron chi connectivity index (χ2n) is 6.75. The Bertz CT molecular complexity index is 829. The van der Waals surface area contributed by atoms with Gasteiger partial charge in [-0.05, 0) is 49.1 Å². The average Bonchev–Trinajstić information content (AvgIpc) is 2.69. The summed E-state index contributed by atoms with van der Waals surface area (Å²) in [7, 11) is 0. The molecule has 7 heteroatoms. The number of ether oxygens (including phenoxy) is 2. The van der Waals surface area contributed by atoms with Crippen molar-refractivity contribution in [3.63, 3.8) is 0 Å². The molecule has 0 aromatic heterocycles. The van der Waals surface area contributed by atoms with Crippen molar-refractivity contribution in [3.05, 3.63) is 72.1 Å². The maximum absolute atomic E-state index is 13.6. The maximum atomic E-state index is 13.6. The summed E-state index contributed by atoms with van der Waals surface area (Å²) in [6, 6.07) is 8.39. The predicted molar refractivity (Wildman–Crippen MR) is 106 cm³/mol. The van der Waals surface area contributed by atoms with Crippen LogP contribution in [-0.2, 0) is 17.4 Å². The van der Waals surface area contributed by atoms with E-state index in [-0.39, 0.29) is 24.5 Å². The van der Waals surface area contributed by atoms with Crippen LogP contribution in [0.5, 0.6) is 11.5 Å². The quantitative estimate of drug-likeness (QED) is 0.136. The Morgan fingerprint density at radius 1 is 1.00 bits per heavy atom. The fourth-order valence-corrected chi connectivity index (χ4v) is 2.73. The van der Waals surface area contributed by atoms with Gasteiger partial charge in [-0.1, -0.05) is 24.6 Å². The highest BCUT2D eigenvalue weighted by Gasteiger charge is 2.29. The molecule has 2 rings (SSSR count). The molecule has 0 bridgehead atoms. The Morgan fingerprint density at radius 3 is 2.40 bits per heavy atom. The molecule has 0 radical (unpaired) electrons.